The van der Waals surface area contributed by atoms with E-state index >= 15 is 0 Å². The van der Waals surface area contributed by atoms with Crippen molar-refractivity contribution in [1.29, 1.82) is 0 Å². The van der Waals surface area contributed by atoms with Crippen molar-refractivity contribution in [3.05, 3.63) is 24.0 Å². The minimum Gasteiger partial charge on any atom is -0.458 e. The van der Waals surface area contributed by atoms with Crippen molar-refractivity contribution < 1.29 is 14.3 Å². The third-order valence-corrected chi connectivity index (χ3v) is 9.18. The summed E-state index contributed by atoms with van der Waals surface area (Å²) in [5.41, 5.74) is 1.56. The zero-order valence-electron chi connectivity index (χ0n) is 27.0. The molecule has 0 aromatic carbocycles. The Morgan fingerprint density at radius 1 is 1.07 bits per heavy atom. The molecular formula is C33H52N8O3. The Bertz CT molecular complexity index is 1200. The lowest BCUT2D eigenvalue weighted by atomic mass is 9.86. The number of dihydropyridines is 1. The molecule has 0 spiro atoms. The highest BCUT2D eigenvalue weighted by atomic mass is 16.6. The summed E-state index contributed by atoms with van der Waals surface area (Å²) < 4.78 is 5.66. The van der Waals surface area contributed by atoms with E-state index in [1.54, 1.807) is 6.33 Å². The maximum absolute atomic E-state index is 13.2. The number of aromatic nitrogens is 2. The van der Waals surface area contributed by atoms with Gasteiger partial charge in [0.1, 0.15) is 35.8 Å². The number of hydrogen-bond acceptors (Lipinski definition) is 9. The number of allylic oxidation sites excluding steroid dienone is 1. The Kier molecular flexibility index (Phi) is 10.8. The van der Waals surface area contributed by atoms with E-state index in [1.165, 1.54) is 25.0 Å². The van der Waals surface area contributed by atoms with Crippen LogP contribution in [0.5, 0.6) is 0 Å². The molecule has 4 N–H and O–H groups in total. The Labute approximate surface area is 262 Å². The summed E-state index contributed by atoms with van der Waals surface area (Å²) in [6.45, 7) is 10.6. The summed E-state index contributed by atoms with van der Waals surface area (Å²) in [6.07, 6.45) is 17.0. The van der Waals surface area contributed by atoms with E-state index in [-0.39, 0.29) is 24.8 Å². The van der Waals surface area contributed by atoms with Crippen LogP contribution in [0.15, 0.2) is 23.5 Å². The van der Waals surface area contributed by atoms with Crippen LogP contribution in [-0.2, 0) is 16.0 Å². The first kappa shape index (κ1) is 32.2. The molecule has 4 heterocycles. The van der Waals surface area contributed by atoms with E-state index in [9.17, 15) is 9.59 Å². The maximum Gasteiger partial charge on any atom is 0.331 e. The topological polar surface area (TPSA) is 133 Å². The van der Waals surface area contributed by atoms with Crippen molar-refractivity contribution >= 4 is 29.3 Å². The second-order valence-electron chi connectivity index (χ2n) is 13.7. The molecule has 1 aliphatic carbocycles. The van der Waals surface area contributed by atoms with Crippen molar-refractivity contribution in [2.75, 3.05) is 36.4 Å². The maximum atomic E-state index is 13.2. The normalized spacial score (nSPS) is 23.7. The van der Waals surface area contributed by atoms with Gasteiger partial charge < -0.3 is 25.6 Å². The number of piperidine rings is 2. The SMILES string of the molecule is CCc1c(NC[C@H](NC(=O)NC2CCCCC2)C(=O)OC(C)(C)C)ncnc1N1CCC(C2=NC3NCCCC3C=C2)CC1. The molecule has 2 unspecified atom stereocenters. The van der Waals surface area contributed by atoms with Crippen LogP contribution in [0.3, 0.4) is 0 Å². The smallest absolute Gasteiger partial charge is 0.331 e. The highest BCUT2D eigenvalue weighted by Crippen LogP contribution is 2.31. The number of aliphatic imine (C=N–C) groups is 1. The largest absolute Gasteiger partial charge is 0.458 e. The fourth-order valence-electron chi connectivity index (χ4n) is 6.84. The molecule has 2 saturated heterocycles. The number of hydrogen-bond donors (Lipinski definition) is 4. The van der Waals surface area contributed by atoms with Gasteiger partial charge in [0.2, 0.25) is 0 Å². The van der Waals surface area contributed by atoms with Crippen LogP contribution in [0.1, 0.15) is 91.0 Å². The van der Waals surface area contributed by atoms with Gasteiger partial charge in [0.05, 0.1) is 0 Å². The molecular weight excluding hydrogens is 556 g/mol. The Hall–Kier alpha value is -3.21. The summed E-state index contributed by atoms with van der Waals surface area (Å²) in [6, 6.07) is -1.08. The van der Waals surface area contributed by atoms with Crippen molar-refractivity contribution in [3.8, 4) is 0 Å². The number of anilines is 2. The third kappa shape index (κ3) is 8.49. The van der Waals surface area contributed by atoms with Gasteiger partial charge in [0, 0.05) is 48.8 Å². The Balaban J connectivity index is 1.22. The van der Waals surface area contributed by atoms with Gasteiger partial charge in [-0.25, -0.2) is 19.6 Å². The Morgan fingerprint density at radius 2 is 1.84 bits per heavy atom. The molecule has 5 rings (SSSR count). The van der Waals surface area contributed by atoms with Crippen LogP contribution in [0.25, 0.3) is 0 Å². The van der Waals surface area contributed by atoms with Gasteiger partial charge in [-0.3, -0.25) is 10.3 Å². The fourth-order valence-corrected chi connectivity index (χ4v) is 6.84. The average molecular weight is 609 g/mol. The van der Waals surface area contributed by atoms with E-state index < -0.39 is 17.6 Å². The molecule has 11 nitrogen and oxygen atoms in total. The summed E-state index contributed by atoms with van der Waals surface area (Å²) in [5, 5.41) is 12.8. The van der Waals surface area contributed by atoms with Crippen LogP contribution < -0.4 is 26.2 Å². The van der Waals surface area contributed by atoms with E-state index in [4.69, 9.17) is 14.7 Å². The first-order valence-corrected chi connectivity index (χ1v) is 16.8. The summed E-state index contributed by atoms with van der Waals surface area (Å²) in [7, 11) is 0. The molecule has 44 heavy (non-hydrogen) atoms. The molecule has 1 saturated carbocycles. The lowest BCUT2D eigenvalue weighted by Gasteiger charge is -2.36. The van der Waals surface area contributed by atoms with Gasteiger partial charge in [0.15, 0.2) is 0 Å². The molecule has 1 aromatic heterocycles. The number of amides is 2. The quantitative estimate of drug-likeness (QED) is 0.304. The van der Waals surface area contributed by atoms with E-state index in [1.807, 2.05) is 20.8 Å². The first-order chi connectivity index (χ1) is 21.2. The van der Waals surface area contributed by atoms with Gasteiger partial charge in [-0.15, -0.1) is 0 Å². The van der Waals surface area contributed by atoms with Crippen molar-refractivity contribution in [3.63, 3.8) is 0 Å². The molecule has 242 valence electrons. The van der Waals surface area contributed by atoms with Gasteiger partial charge in [-0.2, -0.15) is 0 Å². The molecule has 3 atom stereocenters. The minimum atomic E-state index is -0.876. The number of nitrogens with zero attached hydrogens (tertiary/aromatic N) is 4. The first-order valence-electron chi connectivity index (χ1n) is 16.8. The number of rotatable bonds is 9. The lowest BCUT2D eigenvalue weighted by Crippen LogP contribution is -2.53. The molecule has 11 heteroatoms. The van der Waals surface area contributed by atoms with E-state index in [0.717, 1.165) is 76.0 Å². The predicted molar refractivity (Wildman–Crippen MR) is 174 cm³/mol. The van der Waals surface area contributed by atoms with Crippen LogP contribution in [0.2, 0.25) is 0 Å². The molecule has 3 aliphatic heterocycles. The zero-order chi connectivity index (χ0) is 31.1. The molecule has 4 aliphatic rings. The standard InChI is InChI=1S/C33H52N8O3/c1-5-25-29(35-20-27(31(42)44-33(2,3)4)40-32(43)38-24-11-7-6-8-12-24)36-21-37-30(25)41-18-15-22(16-19-41)26-14-13-23-10-9-17-34-28(23)39-26/h13-14,21-24,27-28,34H,5-12,15-20H2,1-4H3,(H,35,36,37)(H2,38,40,43)/t23?,27-,28?/m0/s1. The number of urea groups is 1. The average Bonchev–Trinajstić information content (AvgIpc) is 3.02. The van der Waals surface area contributed by atoms with Gasteiger partial charge in [0.25, 0.3) is 0 Å². The summed E-state index contributed by atoms with van der Waals surface area (Å²) in [5.74, 6) is 2.11. The lowest BCUT2D eigenvalue weighted by molar-refractivity contribution is -0.156. The van der Waals surface area contributed by atoms with Gasteiger partial charge in [-0.05, 0) is 78.3 Å². The number of carbonyl (C=O) groups is 2. The predicted octanol–water partition coefficient (Wildman–Crippen LogP) is 4.35. The second-order valence-corrected chi connectivity index (χ2v) is 13.7. The molecule has 2 amide bonds. The Morgan fingerprint density at radius 3 is 2.57 bits per heavy atom. The molecule has 1 aromatic rings. The zero-order valence-corrected chi connectivity index (χ0v) is 27.0. The van der Waals surface area contributed by atoms with Crippen LogP contribution >= 0.6 is 0 Å². The van der Waals surface area contributed by atoms with Crippen molar-refractivity contribution in [2.45, 2.75) is 116 Å². The van der Waals surface area contributed by atoms with Gasteiger partial charge in [-0.1, -0.05) is 32.3 Å². The molecule has 0 radical (unpaired) electrons. The third-order valence-electron chi connectivity index (χ3n) is 9.18. The number of esters is 1. The minimum absolute atomic E-state index is 0.137. The molecule has 3 fully saturated rings. The van der Waals surface area contributed by atoms with Crippen molar-refractivity contribution in [1.82, 2.24) is 25.9 Å². The second kappa shape index (κ2) is 14.7. The van der Waals surface area contributed by atoms with Gasteiger partial charge >= 0.3 is 12.0 Å². The monoisotopic (exact) mass is 608 g/mol. The number of fused-ring (bicyclic) bond motifs is 1. The summed E-state index contributed by atoms with van der Waals surface area (Å²) in [4.78, 5) is 42.7. The fraction of sp³-hybridized carbons (Fsp3) is 0.727. The van der Waals surface area contributed by atoms with Crippen LogP contribution in [0.4, 0.5) is 16.4 Å². The molecule has 0 bridgehead atoms. The van der Waals surface area contributed by atoms with E-state index in [0.29, 0.717) is 17.7 Å². The highest BCUT2D eigenvalue weighted by molar-refractivity contribution is 5.97. The number of ether oxygens (including phenoxy) is 1. The van der Waals surface area contributed by atoms with E-state index in [2.05, 4.69) is 50.2 Å². The van der Waals surface area contributed by atoms with Crippen molar-refractivity contribution in [2.24, 2.45) is 16.8 Å². The number of nitrogens with one attached hydrogen (secondary N) is 4. The summed E-state index contributed by atoms with van der Waals surface area (Å²) >= 11 is 0. The number of carbonyl (C=O) groups excluding carboxylic acids is 2. The highest BCUT2D eigenvalue weighted by Gasteiger charge is 2.31. The van der Waals surface area contributed by atoms with Crippen LogP contribution in [0, 0.1) is 11.8 Å². The van der Waals surface area contributed by atoms with Crippen LogP contribution in [-0.4, -0.2) is 77.7 Å².